The van der Waals surface area contributed by atoms with Crippen LogP contribution in [0.4, 0.5) is 4.39 Å². The predicted octanol–water partition coefficient (Wildman–Crippen LogP) is 1.62. The van der Waals surface area contributed by atoms with Crippen LogP contribution in [0.1, 0.15) is 12.5 Å². The Kier molecular flexibility index (Phi) is 4.07. The summed E-state index contributed by atoms with van der Waals surface area (Å²) in [5.41, 5.74) is 6.32. The average molecular weight is 208 g/mol. The van der Waals surface area contributed by atoms with Crippen LogP contribution in [0.15, 0.2) is 18.2 Å². The molecule has 0 radical (unpaired) electrons. The van der Waals surface area contributed by atoms with Crippen LogP contribution < -0.4 is 10.5 Å². The maximum atomic E-state index is 13.0. The maximum Gasteiger partial charge on any atom is 0.174 e. The van der Waals surface area contributed by atoms with E-state index in [1.807, 2.05) is 13.0 Å². The summed E-state index contributed by atoms with van der Waals surface area (Å²) >= 11 is 0. The van der Waals surface area contributed by atoms with Crippen LogP contribution in [0.2, 0.25) is 0 Å². The van der Waals surface area contributed by atoms with Crippen molar-refractivity contribution in [1.82, 2.24) is 0 Å². The Bertz CT molecular complexity index is 371. The number of nitrogens with two attached hydrogens (primary N) is 1. The standard InChI is InChI=1S/C11H13FN2O/c1-8(14)6-9-7-10(12)2-3-11(9)15-5-4-13/h2-3,7-8H,5-6,14H2,1H3. The van der Waals surface area contributed by atoms with E-state index in [-0.39, 0.29) is 18.5 Å². The third-order valence-corrected chi connectivity index (χ3v) is 1.86. The normalized spacial score (nSPS) is 11.9. The number of ether oxygens (including phenoxy) is 1. The van der Waals surface area contributed by atoms with Crippen molar-refractivity contribution in [3.05, 3.63) is 29.6 Å². The van der Waals surface area contributed by atoms with Crippen LogP contribution in [0, 0.1) is 17.1 Å². The second-order valence-corrected chi connectivity index (χ2v) is 3.38. The number of hydrogen-bond acceptors (Lipinski definition) is 3. The van der Waals surface area contributed by atoms with E-state index >= 15 is 0 Å². The Hall–Kier alpha value is -1.60. The Labute approximate surface area is 88.3 Å². The predicted molar refractivity (Wildman–Crippen MR) is 54.9 cm³/mol. The van der Waals surface area contributed by atoms with Crippen molar-refractivity contribution in [2.24, 2.45) is 5.73 Å². The molecule has 3 nitrogen and oxygen atoms in total. The Morgan fingerprint density at radius 2 is 2.33 bits per heavy atom. The van der Waals surface area contributed by atoms with Crippen molar-refractivity contribution in [3.63, 3.8) is 0 Å². The van der Waals surface area contributed by atoms with E-state index in [4.69, 9.17) is 15.7 Å². The van der Waals surface area contributed by atoms with E-state index in [0.29, 0.717) is 17.7 Å². The molecule has 0 aromatic heterocycles. The molecule has 1 aromatic carbocycles. The van der Waals surface area contributed by atoms with Gasteiger partial charge in [0.25, 0.3) is 0 Å². The molecule has 0 fully saturated rings. The van der Waals surface area contributed by atoms with Gasteiger partial charge in [0, 0.05) is 6.04 Å². The van der Waals surface area contributed by atoms with Gasteiger partial charge in [-0.05, 0) is 37.1 Å². The molecule has 1 aromatic rings. The highest BCUT2D eigenvalue weighted by Gasteiger charge is 2.07. The molecule has 0 aliphatic heterocycles. The number of rotatable bonds is 4. The lowest BCUT2D eigenvalue weighted by Gasteiger charge is -2.11. The first-order chi connectivity index (χ1) is 7.13. The molecule has 0 aliphatic rings. The van der Waals surface area contributed by atoms with Gasteiger partial charge in [-0.25, -0.2) is 4.39 Å². The van der Waals surface area contributed by atoms with Crippen LogP contribution in [0.25, 0.3) is 0 Å². The first-order valence-corrected chi connectivity index (χ1v) is 4.67. The summed E-state index contributed by atoms with van der Waals surface area (Å²) < 4.78 is 18.1. The fourth-order valence-corrected chi connectivity index (χ4v) is 1.31. The lowest BCUT2D eigenvalue weighted by molar-refractivity contribution is 0.362. The van der Waals surface area contributed by atoms with Crippen LogP contribution in [0.3, 0.4) is 0 Å². The van der Waals surface area contributed by atoms with Gasteiger partial charge in [-0.3, -0.25) is 0 Å². The molecule has 1 rings (SSSR count). The van der Waals surface area contributed by atoms with Crippen molar-refractivity contribution in [1.29, 1.82) is 5.26 Å². The third kappa shape index (κ3) is 3.56. The van der Waals surface area contributed by atoms with Crippen LogP contribution >= 0.6 is 0 Å². The quantitative estimate of drug-likeness (QED) is 0.817. The molecule has 0 heterocycles. The minimum Gasteiger partial charge on any atom is -0.478 e. The fourth-order valence-electron chi connectivity index (χ4n) is 1.31. The monoisotopic (exact) mass is 208 g/mol. The molecule has 1 atom stereocenters. The number of hydrogen-bond donors (Lipinski definition) is 1. The highest BCUT2D eigenvalue weighted by atomic mass is 19.1. The second-order valence-electron chi connectivity index (χ2n) is 3.38. The Morgan fingerprint density at radius 3 is 2.93 bits per heavy atom. The lowest BCUT2D eigenvalue weighted by atomic mass is 10.1. The molecular weight excluding hydrogens is 195 g/mol. The van der Waals surface area contributed by atoms with Gasteiger partial charge in [0.05, 0.1) is 0 Å². The van der Waals surface area contributed by atoms with Crippen LogP contribution in [0.5, 0.6) is 5.75 Å². The molecule has 0 bridgehead atoms. The van der Waals surface area contributed by atoms with Crippen molar-refractivity contribution >= 4 is 0 Å². The first kappa shape index (κ1) is 11.5. The topological polar surface area (TPSA) is 59.0 Å². The van der Waals surface area contributed by atoms with E-state index in [0.717, 1.165) is 0 Å². The molecule has 0 spiro atoms. The molecule has 0 saturated heterocycles. The zero-order valence-corrected chi connectivity index (χ0v) is 8.53. The largest absolute Gasteiger partial charge is 0.478 e. The summed E-state index contributed by atoms with van der Waals surface area (Å²) in [6.07, 6.45) is 0.526. The number of halogens is 1. The summed E-state index contributed by atoms with van der Waals surface area (Å²) in [6, 6.07) is 6.00. The smallest absolute Gasteiger partial charge is 0.174 e. The van der Waals surface area contributed by atoms with Crippen molar-refractivity contribution in [2.75, 3.05) is 6.61 Å². The van der Waals surface area contributed by atoms with Crippen molar-refractivity contribution in [3.8, 4) is 11.8 Å². The molecular formula is C11H13FN2O. The maximum absolute atomic E-state index is 13.0. The lowest BCUT2D eigenvalue weighted by Crippen LogP contribution is -2.18. The van der Waals surface area contributed by atoms with E-state index in [2.05, 4.69) is 0 Å². The van der Waals surface area contributed by atoms with E-state index < -0.39 is 0 Å². The summed E-state index contributed by atoms with van der Waals surface area (Å²) in [5, 5.41) is 8.38. The van der Waals surface area contributed by atoms with Gasteiger partial charge in [-0.15, -0.1) is 0 Å². The van der Waals surface area contributed by atoms with Gasteiger partial charge < -0.3 is 10.5 Å². The van der Waals surface area contributed by atoms with Crippen molar-refractivity contribution < 1.29 is 9.13 Å². The van der Waals surface area contributed by atoms with E-state index in [1.165, 1.54) is 18.2 Å². The molecule has 15 heavy (non-hydrogen) atoms. The van der Waals surface area contributed by atoms with E-state index in [1.54, 1.807) is 0 Å². The fraction of sp³-hybridized carbons (Fsp3) is 0.364. The van der Waals surface area contributed by atoms with Gasteiger partial charge in [-0.1, -0.05) is 0 Å². The van der Waals surface area contributed by atoms with Crippen LogP contribution in [-0.2, 0) is 6.42 Å². The third-order valence-electron chi connectivity index (χ3n) is 1.86. The van der Waals surface area contributed by atoms with Gasteiger partial charge in [0.2, 0.25) is 0 Å². The van der Waals surface area contributed by atoms with Gasteiger partial charge in [0.1, 0.15) is 17.6 Å². The minimum absolute atomic E-state index is 0.0441. The zero-order valence-electron chi connectivity index (χ0n) is 8.53. The highest BCUT2D eigenvalue weighted by molar-refractivity contribution is 5.34. The van der Waals surface area contributed by atoms with Crippen LogP contribution in [-0.4, -0.2) is 12.6 Å². The Morgan fingerprint density at radius 1 is 1.60 bits per heavy atom. The molecule has 0 aliphatic carbocycles. The molecule has 1 unspecified atom stereocenters. The van der Waals surface area contributed by atoms with Gasteiger partial charge >= 0.3 is 0 Å². The first-order valence-electron chi connectivity index (χ1n) is 4.67. The van der Waals surface area contributed by atoms with E-state index in [9.17, 15) is 4.39 Å². The molecule has 0 amide bonds. The van der Waals surface area contributed by atoms with Gasteiger partial charge in [-0.2, -0.15) is 5.26 Å². The number of nitriles is 1. The summed E-state index contributed by atoms with van der Waals surface area (Å²) in [4.78, 5) is 0. The summed E-state index contributed by atoms with van der Waals surface area (Å²) in [5.74, 6) is 0.199. The second kappa shape index (κ2) is 5.32. The average Bonchev–Trinajstić information content (AvgIpc) is 2.16. The highest BCUT2D eigenvalue weighted by Crippen LogP contribution is 2.20. The Balaban J connectivity index is 2.88. The minimum atomic E-state index is -0.324. The number of nitrogens with zero attached hydrogens (tertiary/aromatic N) is 1. The summed E-state index contributed by atoms with van der Waals surface area (Å²) in [6.45, 7) is 1.79. The zero-order chi connectivity index (χ0) is 11.3. The van der Waals surface area contributed by atoms with Gasteiger partial charge in [0.15, 0.2) is 6.61 Å². The SMILES string of the molecule is CC(N)Cc1cc(F)ccc1OCC#N. The summed E-state index contributed by atoms with van der Waals surface area (Å²) in [7, 11) is 0. The molecule has 80 valence electrons. The molecule has 4 heteroatoms. The molecule has 0 saturated carbocycles. The van der Waals surface area contributed by atoms with Crippen molar-refractivity contribution in [2.45, 2.75) is 19.4 Å². The molecule has 2 N–H and O–H groups in total. The number of benzene rings is 1.